The van der Waals surface area contributed by atoms with Crippen LogP contribution in [0.1, 0.15) is 0 Å². The summed E-state index contributed by atoms with van der Waals surface area (Å²) in [5, 5.41) is 1.06. The molecule has 0 N–H and O–H groups in total. The van der Waals surface area contributed by atoms with Gasteiger partial charge in [-0.3, -0.25) is 4.79 Å². The fourth-order valence-electron chi connectivity index (χ4n) is 1.37. The zero-order chi connectivity index (χ0) is 9.42. The Bertz CT molecular complexity index is 516. The van der Waals surface area contributed by atoms with Crippen LogP contribution >= 0.6 is 15.9 Å². The molecule has 0 aliphatic rings. The lowest BCUT2D eigenvalue weighted by Gasteiger charge is -2.04. The summed E-state index contributed by atoms with van der Waals surface area (Å²) < 4.78 is 2.65. The fourth-order valence-corrected chi connectivity index (χ4v) is 1.86. The van der Waals surface area contributed by atoms with E-state index >= 15 is 0 Å². The van der Waals surface area contributed by atoms with Gasteiger partial charge in [-0.05, 0) is 18.2 Å². The van der Waals surface area contributed by atoms with Gasteiger partial charge in [0.15, 0.2) is 0 Å². The van der Waals surface area contributed by atoms with Crippen molar-refractivity contribution in [2.24, 2.45) is 7.05 Å². The average Bonchev–Trinajstić information content (AvgIpc) is 2.12. The first-order valence-corrected chi connectivity index (χ1v) is 4.74. The number of aryl methyl sites for hydroxylation is 1. The molecule has 1 heterocycles. The fraction of sp³-hybridized carbons (Fsp3) is 0.100. The molecule has 13 heavy (non-hydrogen) atoms. The Labute approximate surface area is 83.9 Å². The third kappa shape index (κ3) is 1.29. The SMILES string of the molecule is Cn1c(=O)ccc2c(Br)cccc21. The summed E-state index contributed by atoms with van der Waals surface area (Å²) in [4.78, 5) is 11.3. The topological polar surface area (TPSA) is 22.0 Å². The number of rotatable bonds is 0. The lowest BCUT2D eigenvalue weighted by atomic mass is 10.2. The van der Waals surface area contributed by atoms with Gasteiger partial charge in [0.05, 0.1) is 5.52 Å². The molecule has 66 valence electrons. The summed E-state index contributed by atoms with van der Waals surface area (Å²) in [7, 11) is 1.77. The van der Waals surface area contributed by atoms with Gasteiger partial charge in [-0.2, -0.15) is 0 Å². The minimum atomic E-state index is 0.0191. The third-order valence-electron chi connectivity index (χ3n) is 2.11. The van der Waals surface area contributed by atoms with Crippen LogP contribution in [0.4, 0.5) is 0 Å². The maximum absolute atomic E-state index is 11.3. The van der Waals surface area contributed by atoms with Gasteiger partial charge in [-0.1, -0.05) is 22.0 Å². The highest BCUT2D eigenvalue weighted by Gasteiger charge is 2.00. The van der Waals surface area contributed by atoms with Gasteiger partial charge in [0.2, 0.25) is 0 Å². The normalized spacial score (nSPS) is 10.6. The molecular weight excluding hydrogens is 230 g/mol. The van der Waals surface area contributed by atoms with Crippen molar-refractivity contribution in [2.75, 3.05) is 0 Å². The number of pyridine rings is 1. The Kier molecular flexibility index (Phi) is 1.96. The quantitative estimate of drug-likeness (QED) is 0.690. The van der Waals surface area contributed by atoms with Crippen LogP contribution in [0.3, 0.4) is 0 Å². The van der Waals surface area contributed by atoms with Crippen molar-refractivity contribution >= 4 is 26.8 Å². The van der Waals surface area contributed by atoms with Gasteiger partial charge in [-0.25, -0.2) is 0 Å². The Balaban J connectivity index is 3.03. The first kappa shape index (κ1) is 8.51. The maximum Gasteiger partial charge on any atom is 0.250 e. The van der Waals surface area contributed by atoms with Gasteiger partial charge in [0.1, 0.15) is 0 Å². The second-order valence-corrected chi connectivity index (χ2v) is 3.76. The first-order chi connectivity index (χ1) is 6.20. The number of hydrogen-bond donors (Lipinski definition) is 0. The standard InChI is InChI=1S/C10H8BrNO/c1-12-9-4-2-3-8(11)7(9)5-6-10(12)13/h2-6H,1H3. The summed E-state index contributed by atoms with van der Waals surface area (Å²) in [6.45, 7) is 0. The van der Waals surface area contributed by atoms with Crippen molar-refractivity contribution in [3.05, 3.63) is 45.2 Å². The van der Waals surface area contributed by atoms with Crippen LogP contribution in [-0.4, -0.2) is 4.57 Å². The minimum absolute atomic E-state index is 0.0191. The van der Waals surface area contributed by atoms with Gasteiger partial charge in [0, 0.05) is 23.0 Å². The number of halogens is 1. The lowest BCUT2D eigenvalue weighted by Crippen LogP contribution is -2.14. The van der Waals surface area contributed by atoms with Crippen LogP contribution < -0.4 is 5.56 Å². The van der Waals surface area contributed by atoms with Crippen LogP contribution in [0.2, 0.25) is 0 Å². The number of nitrogens with zero attached hydrogens (tertiary/aromatic N) is 1. The molecule has 2 aromatic rings. The van der Waals surface area contributed by atoms with Crippen LogP contribution in [-0.2, 0) is 7.05 Å². The van der Waals surface area contributed by atoms with Gasteiger partial charge >= 0.3 is 0 Å². The van der Waals surface area contributed by atoms with E-state index in [-0.39, 0.29) is 5.56 Å². The van der Waals surface area contributed by atoms with E-state index in [1.54, 1.807) is 17.7 Å². The van der Waals surface area contributed by atoms with Crippen molar-refractivity contribution in [2.45, 2.75) is 0 Å². The number of fused-ring (bicyclic) bond motifs is 1. The average molecular weight is 238 g/mol. The van der Waals surface area contributed by atoms with Crippen molar-refractivity contribution in [1.29, 1.82) is 0 Å². The summed E-state index contributed by atoms with van der Waals surface area (Å²) in [6, 6.07) is 9.23. The molecule has 0 saturated heterocycles. The Morgan fingerprint density at radius 1 is 1.23 bits per heavy atom. The number of aromatic nitrogens is 1. The summed E-state index contributed by atoms with van der Waals surface area (Å²) in [5.41, 5.74) is 0.965. The Morgan fingerprint density at radius 3 is 2.77 bits per heavy atom. The van der Waals surface area contributed by atoms with E-state index in [2.05, 4.69) is 15.9 Å². The molecule has 2 nitrogen and oxygen atoms in total. The molecule has 0 unspecified atom stereocenters. The largest absolute Gasteiger partial charge is 0.311 e. The molecule has 0 atom stereocenters. The predicted molar refractivity (Wildman–Crippen MR) is 56.9 cm³/mol. The summed E-state index contributed by atoms with van der Waals surface area (Å²) in [6.07, 6.45) is 0. The van der Waals surface area contributed by atoms with Crippen LogP contribution in [0.5, 0.6) is 0 Å². The Morgan fingerprint density at radius 2 is 2.00 bits per heavy atom. The zero-order valence-electron chi connectivity index (χ0n) is 7.12. The molecule has 1 aromatic heterocycles. The van der Waals surface area contributed by atoms with Gasteiger partial charge in [-0.15, -0.1) is 0 Å². The number of benzene rings is 1. The predicted octanol–water partition coefficient (Wildman–Crippen LogP) is 2.30. The first-order valence-electron chi connectivity index (χ1n) is 3.94. The molecule has 0 spiro atoms. The minimum Gasteiger partial charge on any atom is -0.311 e. The highest BCUT2D eigenvalue weighted by atomic mass is 79.9. The van der Waals surface area contributed by atoms with Crippen LogP contribution in [0.15, 0.2) is 39.6 Å². The molecule has 0 radical (unpaired) electrons. The third-order valence-corrected chi connectivity index (χ3v) is 2.81. The molecule has 3 heteroatoms. The second-order valence-electron chi connectivity index (χ2n) is 2.90. The highest BCUT2D eigenvalue weighted by Crippen LogP contribution is 2.21. The molecule has 0 aliphatic heterocycles. The second kappa shape index (κ2) is 3.00. The van der Waals surface area contributed by atoms with Crippen molar-refractivity contribution < 1.29 is 0 Å². The van der Waals surface area contributed by atoms with E-state index < -0.39 is 0 Å². The Hall–Kier alpha value is -1.09. The molecular formula is C10H8BrNO. The molecule has 2 rings (SSSR count). The van der Waals surface area contributed by atoms with Crippen LogP contribution in [0.25, 0.3) is 10.9 Å². The van der Waals surface area contributed by atoms with Gasteiger partial charge < -0.3 is 4.57 Å². The van der Waals surface area contributed by atoms with E-state index in [9.17, 15) is 4.79 Å². The molecule has 0 amide bonds. The summed E-state index contributed by atoms with van der Waals surface area (Å²) in [5.74, 6) is 0. The molecule has 0 saturated carbocycles. The van der Waals surface area contributed by atoms with Crippen molar-refractivity contribution in [3.8, 4) is 0 Å². The van der Waals surface area contributed by atoms with E-state index in [4.69, 9.17) is 0 Å². The molecule has 0 aliphatic carbocycles. The molecule has 1 aromatic carbocycles. The molecule has 0 fully saturated rings. The van der Waals surface area contributed by atoms with E-state index in [1.807, 2.05) is 24.3 Å². The van der Waals surface area contributed by atoms with Crippen LogP contribution in [0, 0.1) is 0 Å². The van der Waals surface area contributed by atoms with Crippen molar-refractivity contribution in [3.63, 3.8) is 0 Å². The zero-order valence-corrected chi connectivity index (χ0v) is 8.71. The van der Waals surface area contributed by atoms with Crippen molar-refractivity contribution in [1.82, 2.24) is 4.57 Å². The maximum atomic E-state index is 11.3. The van der Waals surface area contributed by atoms with E-state index in [1.165, 1.54) is 0 Å². The smallest absolute Gasteiger partial charge is 0.250 e. The molecule has 0 bridgehead atoms. The summed E-state index contributed by atoms with van der Waals surface area (Å²) >= 11 is 3.44. The van der Waals surface area contributed by atoms with E-state index in [0.717, 1.165) is 15.4 Å². The van der Waals surface area contributed by atoms with E-state index in [0.29, 0.717) is 0 Å². The van der Waals surface area contributed by atoms with Gasteiger partial charge in [0.25, 0.3) is 5.56 Å². The monoisotopic (exact) mass is 237 g/mol. The highest BCUT2D eigenvalue weighted by molar-refractivity contribution is 9.10. The number of hydrogen-bond acceptors (Lipinski definition) is 1. The lowest BCUT2D eigenvalue weighted by molar-refractivity contribution is 0.906.